The standard InChI is InChI=1S/C20H18N4O3S/c1-13-7-8-24(15-5-3-4-6-16(15)27-2)19(26)17(13)18(25)21-11-14-12-23-9-10-28-20(23)22-14/h3-10,12H,11H2,1-2H3,(H,21,25). The number of rotatable bonds is 5. The highest BCUT2D eigenvalue weighted by Gasteiger charge is 2.18. The number of aromatic nitrogens is 3. The largest absolute Gasteiger partial charge is 0.495 e. The van der Waals surface area contributed by atoms with E-state index in [1.807, 2.05) is 34.3 Å². The van der Waals surface area contributed by atoms with Crippen LogP contribution in [0.3, 0.4) is 0 Å². The lowest BCUT2D eigenvalue weighted by Crippen LogP contribution is -2.33. The minimum absolute atomic E-state index is 0.106. The maximum atomic E-state index is 13.0. The third kappa shape index (κ3) is 3.18. The summed E-state index contributed by atoms with van der Waals surface area (Å²) >= 11 is 1.52. The molecule has 4 rings (SSSR count). The number of aryl methyl sites for hydroxylation is 1. The van der Waals surface area contributed by atoms with Gasteiger partial charge in [-0.3, -0.25) is 18.6 Å². The molecule has 0 radical (unpaired) electrons. The molecule has 7 nitrogen and oxygen atoms in total. The Morgan fingerprint density at radius 2 is 2.07 bits per heavy atom. The van der Waals surface area contributed by atoms with Gasteiger partial charge in [0, 0.05) is 24.0 Å². The molecule has 0 saturated carbocycles. The molecule has 0 fully saturated rings. The first-order valence-corrected chi connectivity index (χ1v) is 9.51. The molecule has 1 amide bonds. The number of fused-ring (bicyclic) bond motifs is 1. The van der Waals surface area contributed by atoms with E-state index in [4.69, 9.17) is 4.74 Å². The summed E-state index contributed by atoms with van der Waals surface area (Å²) in [4.78, 5) is 31.1. The summed E-state index contributed by atoms with van der Waals surface area (Å²) in [6, 6.07) is 8.93. The van der Waals surface area contributed by atoms with Gasteiger partial charge >= 0.3 is 0 Å². The SMILES string of the molecule is COc1ccccc1-n1ccc(C)c(C(=O)NCc2cn3ccsc3n2)c1=O. The molecular weight excluding hydrogens is 376 g/mol. The van der Waals surface area contributed by atoms with Gasteiger partial charge in [-0.15, -0.1) is 11.3 Å². The van der Waals surface area contributed by atoms with Gasteiger partial charge in [0.1, 0.15) is 11.3 Å². The molecule has 8 heteroatoms. The lowest BCUT2D eigenvalue weighted by molar-refractivity contribution is 0.0948. The highest BCUT2D eigenvalue weighted by molar-refractivity contribution is 7.15. The van der Waals surface area contributed by atoms with E-state index < -0.39 is 11.5 Å². The number of para-hydroxylation sites is 2. The smallest absolute Gasteiger partial charge is 0.268 e. The van der Waals surface area contributed by atoms with Gasteiger partial charge < -0.3 is 10.1 Å². The van der Waals surface area contributed by atoms with Gasteiger partial charge in [0.15, 0.2) is 4.96 Å². The maximum absolute atomic E-state index is 13.0. The number of carbonyl (C=O) groups is 1. The van der Waals surface area contributed by atoms with Crippen LogP contribution in [0, 0.1) is 6.92 Å². The molecule has 0 unspecified atom stereocenters. The van der Waals surface area contributed by atoms with Gasteiger partial charge in [0.25, 0.3) is 11.5 Å². The fourth-order valence-corrected chi connectivity index (χ4v) is 3.76. The minimum Gasteiger partial charge on any atom is -0.495 e. The first-order chi connectivity index (χ1) is 13.6. The Morgan fingerprint density at radius 1 is 1.25 bits per heavy atom. The Labute approximate surface area is 164 Å². The van der Waals surface area contributed by atoms with E-state index in [9.17, 15) is 9.59 Å². The molecule has 0 aliphatic carbocycles. The van der Waals surface area contributed by atoms with Crippen molar-refractivity contribution in [1.82, 2.24) is 19.3 Å². The molecule has 0 saturated heterocycles. The third-order valence-corrected chi connectivity index (χ3v) is 5.22. The van der Waals surface area contributed by atoms with Crippen molar-refractivity contribution in [3.05, 3.63) is 81.5 Å². The third-order valence-electron chi connectivity index (χ3n) is 4.45. The number of methoxy groups -OCH3 is 1. The van der Waals surface area contributed by atoms with Gasteiger partial charge in [-0.2, -0.15) is 0 Å². The molecule has 0 aliphatic rings. The second-order valence-electron chi connectivity index (χ2n) is 6.23. The van der Waals surface area contributed by atoms with Crippen LogP contribution in [0.5, 0.6) is 5.75 Å². The predicted octanol–water partition coefficient (Wildman–Crippen LogP) is 2.79. The Hall–Kier alpha value is -3.39. The number of ether oxygens (including phenoxy) is 1. The number of amides is 1. The molecule has 1 N–H and O–H groups in total. The van der Waals surface area contributed by atoms with Crippen molar-refractivity contribution in [1.29, 1.82) is 0 Å². The summed E-state index contributed by atoms with van der Waals surface area (Å²) in [7, 11) is 1.54. The average Bonchev–Trinajstić information content (AvgIpc) is 3.28. The normalized spacial score (nSPS) is 10.9. The fourth-order valence-electron chi connectivity index (χ4n) is 3.04. The summed E-state index contributed by atoms with van der Waals surface area (Å²) in [5.74, 6) is 0.126. The zero-order valence-corrected chi connectivity index (χ0v) is 16.2. The van der Waals surface area contributed by atoms with Crippen LogP contribution >= 0.6 is 11.3 Å². The van der Waals surface area contributed by atoms with Gasteiger partial charge in [0.05, 0.1) is 25.0 Å². The number of imidazole rings is 1. The van der Waals surface area contributed by atoms with E-state index in [-0.39, 0.29) is 12.1 Å². The summed E-state index contributed by atoms with van der Waals surface area (Å²) in [6.07, 6.45) is 5.42. The summed E-state index contributed by atoms with van der Waals surface area (Å²) < 4.78 is 8.66. The number of hydrogen-bond donors (Lipinski definition) is 1. The molecule has 3 heterocycles. The molecule has 0 atom stereocenters. The fraction of sp³-hybridized carbons (Fsp3) is 0.150. The van der Waals surface area contributed by atoms with Crippen LogP contribution < -0.4 is 15.6 Å². The number of nitrogens with one attached hydrogen (secondary N) is 1. The zero-order valence-electron chi connectivity index (χ0n) is 15.4. The van der Waals surface area contributed by atoms with Gasteiger partial charge in [-0.1, -0.05) is 12.1 Å². The van der Waals surface area contributed by atoms with Crippen LogP contribution in [0.1, 0.15) is 21.6 Å². The molecule has 28 heavy (non-hydrogen) atoms. The van der Waals surface area contributed by atoms with E-state index in [2.05, 4.69) is 10.3 Å². The van der Waals surface area contributed by atoms with Crippen LogP contribution in [0.15, 0.2) is 59.1 Å². The van der Waals surface area contributed by atoms with Gasteiger partial charge in [0.2, 0.25) is 0 Å². The molecule has 0 bridgehead atoms. The number of thiazole rings is 1. The van der Waals surface area contributed by atoms with Gasteiger partial charge in [-0.05, 0) is 30.7 Å². The summed E-state index contributed by atoms with van der Waals surface area (Å²) in [6.45, 7) is 1.99. The van der Waals surface area contributed by atoms with Crippen molar-refractivity contribution in [2.45, 2.75) is 13.5 Å². The molecule has 142 valence electrons. The van der Waals surface area contributed by atoms with E-state index in [1.165, 1.54) is 15.9 Å². The number of benzene rings is 1. The molecule has 0 aliphatic heterocycles. The van der Waals surface area contributed by atoms with Crippen molar-refractivity contribution in [2.75, 3.05) is 7.11 Å². The Balaban J connectivity index is 1.64. The van der Waals surface area contributed by atoms with Crippen LogP contribution in [-0.4, -0.2) is 27.0 Å². The lowest BCUT2D eigenvalue weighted by atomic mass is 10.1. The van der Waals surface area contributed by atoms with Crippen LogP contribution in [-0.2, 0) is 6.54 Å². The summed E-state index contributed by atoms with van der Waals surface area (Å²) in [5.41, 5.74) is 1.64. The van der Waals surface area contributed by atoms with Crippen molar-refractivity contribution in [2.24, 2.45) is 0 Å². The number of hydrogen-bond acceptors (Lipinski definition) is 5. The highest BCUT2D eigenvalue weighted by Crippen LogP contribution is 2.21. The van der Waals surface area contributed by atoms with E-state index in [1.54, 1.807) is 38.4 Å². The van der Waals surface area contributed by atoms with E-state index in [0.29, 0.717) is 17.0 Å². The Morgan fingerprint density at radius 3 is 2.86 bits per heavy atom. The van der Waals surface area contributed by atoms with Crippen molar-refractivity contribution >= 4 is 22.2 Å². The van der Waals surface area contributed by atoms with Gasteiger partial charge in [-0.25, -0.2) is 4.98 Å². The van der Waals surface area contributed by atoms with E-state index in [0.717, 1.165) is 10.7 Å². The van der Waals surface area contributed by atoms with Crippen molar-refractivity contribution in [3.8, 4) is 11.4 Å². The average molecular weight is 394 g/mol. The second kappa shape index (κ2) is 7.32. The zero-order chi connectivity index (χ0) is 19.7. The monoisotopic (exact) mass is 394 g/mol. The predicted molar refractivity (Wildman–Crippen MR) is 108 cm³/mol. The Kier molecular flexibility index (Phi) is 4.70. The second-order valence-corrected chi connectivity index (χ2v) is 7.10. The van der Waals surface area contributed by atoms with Crippen LogP contribution in [0.25, 0.3) is 10.6 Å². The molecule has 1 aromatic carbocycles. The quantitative estimate of drug-likeness (QED) is 0.565. The number of pyridine rings is 1. The van der Waals surface area contributed by atoms with Crippen molar-refractivity contribution < 1.29 is 9.53 Å². The van der Waals surface area contributed by atoms with Crippen LogP contribution in [0.2, 0.25) is 0 Å². The maximum Gasteiger partial charge on any atom is 0.268 e. The molecule has 0 spiro atoms. The van der Waals surface area contributed by atoms with Crippen molar-refractivity contribution in [3.63, 3.8) is 0 Å². The lowest BCUT2D eigenvalue weighted by Gasteiger charge is -2.13. The van der Waals surface area contributed by atoms with Crippen LogP contribution in [0.4, 0.5) is 0 Å². The molecule has 4 aromatic rings. The summed E-state index contributed by atoms with van der Waals surface area (Å²) in [5, 5.41) is 4.74. The highest BCUT2D eigenvalue weighted by atomic mass is 32.1. The van der Waals surface area contributed by atoms with E-state index >= 15 is 0 Å². The number of nitrogens with zero attached hydrogens (tertiary/aromatic N) is 3. The first kappa shape index (κ1) is 18.0. The minimum atomic E-state index is -0.428. The molecule has 3 aromatic heterocycles. The Bertz CT molecular complexity index is 1190. The molecular formula is C20H18N4O3S. The first-order valence-electron chi connectivity index (χ1n) is 8.63. The number of carbonyl (C=O) groups excluding carboxylic acids is 1. The topological polar surface area (TPSA) is 77.6 Å².